The molecule has 0 spiro atoms. The summed E-state index contributed by atoms with van der Waals surface area (Å²) in [6, 6.07) is 7.22. The maximum absolute atomic E-state index is 14.0. The van der Waals surface area contributed by atoms with Crippen molar-refractivity contribution in [3.63, 3.8) is 0 Å². The number of pyridine rings is 2. The molecule has 2 N–H and O–H groups in total. The van der Waals surface area contributed by atoms with E-state index in [1.807, 2.05) is 18.2 Å². The summed E-state index contributed by atoms with van der Waals surface area (Å²) in [5, 5.41) is 0. The lowest BCUT2D eigenvalue weighted by Gasteiger charge is -2.19. The predicted molar refractivity (Wildman–Crippen MR) is 68.4 cm³/mol. The van der Waals surface area contributed by atoms with Crippen molar-refractivity contribution in [1.29, 1.82) is 0 Å². The van der Waals surface area contributed by atoms with E-state index in [0.717, 1.165) is 5.69 Å². The summed E-state index contributed by atoms with van der Waals surface area (Å²) in [7, 11) is 1.78. The highest BCUT2D eigenvalue weighted by molar-refractivity contribution is 5.42. The Morgan fingerprint density at radius 3 is 2.72 bits per heavy atom. The van der Waals surface area contributed by atoms with Crippen LogP contribution in [0, 0.1) is 5.82 Å². The molecule has 5 heteroatoms. The molecule has 0 bridgehead atoms. The van der Waals surface area contributed by atoms with Crippen LogP contribution >= 0.6 is 0 Å². The van der Waals surface area contributed by atoms with Crippen molar-refractivity contribution in [2.24, 2.45) is 5.73 Å². The smallest absolute Gasteiger partial charge is 0.170 e. The quantitative estimate of drug-likeness (QED) is 0.892. The zero-order valence-corrected chi connectivity index (χ0v) is 10.2. The zero-order valence-electron chi connectivity index (χ0n) is 10.2. The molecule has 0 aromatic carbocycles. The third kappa shape index (κ3) is 2.62. The lowest BCUT2D eigenvalue weighted by molar-refractivity contribution is 0.597. The Balaban J connectivity index is 2.21. The highest BCUT2D eigenvalue weighted by Crippen LogP contribution is 2.19. The van der Waals surface area contributed by atoms with Gasteiger partial charge in [-0.15, -0.1) is 0 Å². The van der Waals surface area contributed by atoms with Crippen LogP contribution in [0.2, 0.25) is 0 Å². The van der Waals surface area contributed by atoms with Gasteiger partial charge >= 0.3 is 0 Å². The Bertz CT molecular complexity index is 516. The average molecular weight is 246 g/mol. The van der Waals surface area contributed by atoms with Gasteiger partial charge in [0.1, 0.15) is 0 Å². The van der Waals surface area contributed by atoms with Crippen LogP contribution < -0.4 is 10.6 Å². The minimum atomic E-state index is -0.363. The first-order valence-corrected chi connectivity index (χ1v) is 5.67. The van der Waals surface area contributed by atoms with Crippen molar-refractivity contribution in [2.45, 2.75) is 13.1 Å². The fourth-order valence-corrected chi connectivity index (χ4v) is 1.70. The molecule has 2 rings (SSSR count). The van der Waals surface area contributed by atoms with Gasteiger partial charge in [0, 0.05) is 31.5 Å². The highest BCUT2D eigenvalue weighted by Gasteiger charge is 2.13. The standard InChI is InChI=1S/C13H15FN4/c1-18(9-11-4-2-3-6-16-11)13-12(14)10(8-15)5-7-17-13/h2-7H,8-9,15H2,1H3. The van der Waals surface area contributed by atoms with E-state index >= 15 is 0 Å². The van der Waals surface area contributed by atoms with Gasteiger partial charge < -0.3 is 10.6 Å². The minimum absolute atomic E-state index is 0.165. The molecular weight excluding hydrogens is 231 g/mol. The molecular formula is C13H15FN4. The topological polar surface area (TPSA) is 55.0 Å². The summed E-state index contributed by atoms with van der Waals surface area (Å²) < 4.78 is 14.0. The van der Waals surface area contributed by atoms with Crippen LogP contribution in [-0.4, -0.2) is 17.0 Å². The van der Waals surface area contributed by atoms with Gasteiger partial charge in [-0.25, -0.2) is 9.37 Å². The molecule has 0 unspecified atom stereocenters. The first-order chi connectivity index (χ1) is 8.72. The van der Waals surface area contributed by atoms with E-state index in [-0.39, 0.29) is 12.4 Å². The average Bonchev–Trinajstić information content (AvgIpc) is 2.40. The number of hydrogen-bond donors (Lipinski definition) is 1. The molecule has 2 aromatic heterocycles. The van der Waals surface area contributed by atoms with Gasteiger partial charge in [0.05, 0.1) is 12.2 Å². The Kier molecular flexibility index (Phi) is 3.84. The number of rotatable bonds is 4. The van der Waals surface area contributed by atoms with Crippen LogP contribution in [0.25, 0.3) is 0 Å². The molecule has 0 radical (unpaired) electrons. The third-order valence-corrected chi connectivity index (χ3v) is 2.66. The zero-order chi connectivity index (χ0) is 13.0. The van der Waals surface area contributed by atoms with Crippen LogP contribution in [0.1, 0.15) is 11.3 Å². The molecule has 4 nitrogen and oxygen atoms in total. The van der Waals surface area contributed by atoms with Crippen molar-refractivity contribution in [3.8, 4) is 0 Å². The fraction of sp³-hybridized carbons (Fsp3) is 0.231. The third-order valence-electron chi connectivity index (χ3n) is 2.66. The molecule has 0 fully saturated rings. The van der Waals surface area contributed by atoms with Gasteiger partial charge in [-0.1, -0.05) is 6.07 Å². The highest BCUT2D eigenvalue weighted by atomic mass is 19.1. The van der Waals surface area contributed by atoms with Crippen LogP contribution in [0.4, 0.5) is 10.2 Å². The second-order valence-corrected chi connectivity index (χ2v) is 3.99. The van der Waals surface area contributed by atoms with Gasteiger partial charge in [-0.3, -0.25) is 4.98 Å². The summed E-state index contributed by atoms with van der Waals surface area (Å²) in [4.78, 5) is 9.97. The van der Waals surface area contributed by atoms with Crippen molar-refractivity contribution in [2.75, 3.05) is 11.9 Å². The number of anilines is 1. The number of aromatic nitrogens is 2. The Labute approximate surface area is 105 Å². The summed E-state index contributed by atoms with van der Waals surface area (Å²) in [6.07, 6.45) is 3.28. The second kappa shape index (κ2) is 5.55. The second-order valence-electron chi connectivity index (χ2n) is 3.99. The lowest BCUT2D eigenvalue weighted by Crippen LogP contribution is -2.20. The van der Waals surface area contributed by atoms with Gasteiger partial charge in [0.2, 0.25) is 0 Å². The number of halogens is 1. The van der Waals surface area contributed by atoms with Gasteiger partial charge in [-0.05, 0) is 18.2 Å². The van der Waals surface area contributed by atoms with E-state index in [1.54, 1.807) is 30.4 Å². The predicted octanol–water partition coefficient (Wildman–Crippen LogP) is 1.71. The number of nitrogens with two attached hydrogens (primary N) is 1. The van der Waals surface area contributed by atoms with E-state index < -0.39 is 0 Å². The summed E-state index contributed by atoms with van der Waals surface area (Å²) in [5.74, 6) is -0.0676. The first-order valence-electron chi connectivity index (χ1n) is 5.67. The lowest BCUT2D eigenvalue weighted by atomic mass is 10.2. The molecule has 2 heterocycles. The maximum Gasteiger partial charge on any atom is 0.170 e. The van der Waals surface area contributed by atoms with E-state index in [2.05, 4.69) is 9.97 Å². The first kappa shape index (κ1) is 12.4. The van der Waals surface area contributed by atoms with E-state index in [9.17, 15) is 4.39 Å². The Morgan fingerprint density at radius 1 is 1.22 bits per heavy atom. The Morgan fingerprint density at radius 2 is 2.06 bits per heavy atom. The largest absolute Gasteiger partial charge is 0.351 e. The van der Waals surface area contributed by atoms with Gasteiger partial charge in [-0.2, -0.15) is 0 Å². The van der Waals surface area contributed by atoms with Crippen molar-refractivity contribution < 1.29 is 4.39 Å². The molecule has 94 valence electrons. The number of nitrogens with zero attached hydrogens (tertiary/aromatic N) is 3. The van der Waals surface area contributed by atoms with Crippen molar-refractivity contribution >= 4 is 5.82 Å². The monoisotopic (exact) mass is 246 g/mol. The maximum atomic E-state index is 14.0. The Hall–Kier alpha value is -2.01. The molecule has 2 aromatic rings. The van der Waals surface area contributed by atoms with Crippen LogP contribution in [-0.2, 0) is 13.1 Å². The van der Waals surface area contributed by atoms with E-state index in [1.165, 1.54) is 0 Å². The van der Waals surface area contributed by atoms with Gasteiger partial charge in [0.25, 0.3) is 0 Å². The summed E-state index contributed by atoms with van der Waals surface area (Å²) in [6.45, 7) is 0.664. The summed E-state index contributed by atoms with van der Waals surface area (Å²) >= 11 is 0. The van der Waals surface area contributed by atoms with E-state index in [4.69, 9.17) is 5.73 Å². The normalized spacial score (nSPS) is 10.4. The SMILES string of the molecule is CN(Cc1ccccn1)c1nccc(CN)c1F. The molecule has 0 aliphatic carbocycles. The van der Waals surface area contributed by atoms with Crippen LogP contribution in [0.15, 0.2) is 36.7 Å². The summed E-state index contributed by atoms with van der Waals surface area (Å²) in [5.41, 5.74) is 6.80. The molecule has 0 aliphatic rings. The van der Waals surface area contributed by atoms with E-state index in [0.29, 0.717) is 17.9 Å². The number of hydrogen-bond acceptors (Lipinski definition) is 4. The van der Waals surface area contributed by atoms with Gasteiger partial charge in [0.15, 0.2) is 11.6 Å². The van der Waals surface area contributed by atoms with Crippen molar-refractivity contribution in [3.05, 3.63) is 53.7 Å². The fourth-order valence-electron chi connectivity index (χ4n) is 1.70. The molecule has 0 amide bonds. The van der Waals surface area contributed by atoms with Crippen LogP contribution in [0.3, 0.4) is 0 Å². The molecule has 0 aliphatic heterocycles. The minimum Gasteiger partial charge on any atom is -0.351 e. The molecule has 18 heavy (non-hydrogen) atoms. The van der Waals surface area contributed by atoms with Crippen molar-refractivity contribution in [1.82, 2.24) is 9.97 Å². The van der Waals surface area contributed by atoms with Crippen LogP contribution in [0.5, 0.6) is 0 Å². The molecule has 0 saturated carbocycles. The molecule has 0 atom stereocenters. The molecule has 0 saturated heterocycles.